The highest BCUT2D eigenvalue weighted by Gasteiger charge is 2.57. The van der Waals surface area contributed by atoms with Gasteiger partial charge in [-0.25, -0.2) is 0 Å². The Morgan fingerprint density at radius 2 is 1.71 bits per heavy atom. The molecule has 0 aromatic heterocycles. The fourth-order valence-electron chi connectivity index (χ4n) is 4.11. The quantitative estimate of drug-likeness (QED) is 0.762. The molecule has 1 saturated heterocycles. The summed E-state index contributed by atoms with van der Waals surface area (Å²) in [5, 5.41) is 6.44. The van der Waals surface area contributed by atoms with Crippen LogP contribution in [0.3, 0.4) is 0 Å². The molecule has 4 rings (SSSR count). The normalized spacial score (nSPS) is 20.0. The van der Waals surface area contributed by atoms with Crippen LogP contribution in [0.2, 0.25) is 0 Å². The lowest BCUT2D eigenvalue weighted by atomic mass is 9.92. The molecule has 0 radical (unpaired) electrons. The molecule has 5 heteroatoms. The van der Waals surface area contributed by atoms with E-state index < -0.39 is 0 Å². The van der Waals surface area contributed by atoms with Gasteiger partial charge in [-0.2, -0.15) is 0 Å². The van der Waals surface area contributed by atoms with Gasteiger partial charge in [0.25, 0.3) is 0 Å². The summed E-state index contributed by atoms with van der Waals surface area (Å²) in [5.74, 6) is 1.87. The molecule has 1 heterocycles. The Labute approximate surface area is 166 Å². The van der Waals surface area contributed by atoms with Crippen molar-refractivity contribution < 1.29 is 14.3 Å². The van der Waals surface area contributed by atoms with E-state index in [2.05, 4.69) is 22.8 Å². The molecule has 1 aliphatic carbocycles. The molecule has 2 aromatic carbocycles. The molecule has 2 aliphatic rings. The van der Waals surface area contributed by atoms with E-state index >= 15 is 0 Å². The van der Waals surface area contributed by atoms with Gasteiger partial charge in [-0.15, -0.1) is 0 Å². The van der Waals surface area contributed by atoms with Crippen LogP contribution < -0.4 is 15.4 Å². The Kier molecular flexibility index (Phi) is 5.64. The summed E-state index contributed by atoms with van der Waals surface area (Å²) in [6, 6.07) is 15.6. The lowest BCUT2D eigenvalue weighted by Crippen LogP contribution is -2.31. The van der Waals surface area contributed by atoms with Crippen molar-refractivity contribution in [1.82, 2.24) is 5.32 Å². The predicted octanol–water partition coefficient (Wildman–Crippen LogP) is 4.00. The summed E-state index contributed by atoms with van der Waals surface area (Å²) in [6.45, 7) is 2.78. The number of hydrogen-bond donors (Lipinski definition) is 2. The van der Waals surface area contributed by atoms with Crippen LogP contribution >= 0.6 is 0 Å². The predicted molar refractivity (Wildman–Crippen MR) is 110 cm³/mol. The second kappa shape index (κ2) is 8.33. The molecular weight excluding hydrogens is 352 g/mol. The molecule has 1 saturated carbocycles. The average Bonchev–Trinajstić information content (AvgIpc) is 3.42. The second-order valence-electron chi connectivity index (χ2n) is 7.87. The number of nitrogens with one attached hydrogen (secondary N) is 2. The maximum absolute atomic E-state index is 12.6. The van der Waals surface area contributed by atoms with Crippen LogP contribution in [-0.2, 0) is 16.0 Å². The molecule has 5 nitrogen and oxygen atoms in total. The minimum absolute atomic E-state index is 0.155. The number of amides is 1. The van der Waals surface area contributed by atoms with E-state index in [1.807, 2.05) is 36.4 Å². The third kappa shape index (κ3) is 4.37. The van der Waals surface area contributed by atoms with Crippen LogP contribution in [0.15, 0.2) is 48.5 Å². The number of methoxy groups -OCH3 is 1. The first-order valence-electron chi connectivity index (χ1n) is 10.1. The highest BCUT2D eigenvalue weighted by molar-refractivity contribution is 5.95. The molecule has 1 unspecified atom stereocenters. The summed E-state index contributed by atoms with van der Waals surface area (Å²) in [7, 11) is 1.71. The topological polar surface area (TPSA) is 59.6 Å². The highest BCUT2D eigenvalue weighted by Crippen LogP contribution is 2.58. The van der Waals surface area contributed by atoms with Gasteiger partial charge in [-0.05, 0) is 86.1 Å². The summed E-state index contributed by atoms with van der Waals surface area (Å²) in [4.78, 5) is 12.6. The van der Waals surface area contributed by atoms with Crippen molar-refractivity contribution in [2.45, 2.75) is 25.7 Å². The number of carbonyl (C=O) groups excluding carboxylic acids is 1. The second-order valence-corrected chi connectivity index (χ2v) is 7.87. The van der Waals surface area contributed by atoms with Crippen LogP contribution in [0.5, 0.6) is 11.5 Å². The van der Waals surface area contributed by atoms with Gasteiger partial charge in [0.15, 0.2) is 0 Å². The van der Waals surface area contributed by atoms with Gasteiger partial charge in [0.1, 0.15) is 11.5 Å². The van der Waals surface area contributed by atoms with Crippen molar-refractivity contribution in [3.05, 3.63) is 54.1 Å². The first kappa shape index (κ1) is 19.0. The lowest BCUT2D eigenvalue weighted by molar-refractivity contribution is -0.118. The number of hydrogen-bond acceptors (Lipinski definition) is 4. The minimum Gasteiger partial charge on any atom is -0.457 e. The molecule has 1 spiro atoms. The molecular formula is C23H28N2O3. The zero-order chi connectivity index (χ0) is 19.4. The van der Waals surface area contributed by atoms with E-state index in [0.29, 0.717) is 6.61 Å². The number of anilines is 1. The number of benzene rings is 2. The monoisotopic (exact) mass is 380 g/mol. The van der Waals surface area contributed by atoms with Crippen LogP contribution in [0.1, 0.15) is 24.8 Å². The Morgan fingerprint density at radius 3 is 2.36 bits per heavy atom. The molecule has 0 bridgehead atoms. The smallest absolute Gasteiger partial charge is 0.228 e. The zero-order valence-electron chi connectivity index (χ0n) is 16.4. The van der Waals surface area contributed by atoms with Crippen LogP contribution in [-0.4, -0.2) is 32.7 Å². The third-order valence-corrected chi connectivity index (χ3v) is 5.98. The van der Waals surface area contributed by atoms with E-state index in [1.165, 1.54) is 5.56 Å². The van der Waals surface area contributed by atoms with Gasteiger partial charge < -0.3 is 20.1 Å². The third-order valence-electron chi connectivity index (χ3n) is 5.98. The Morgan fingerprint density at radius 1 is 1.07 bits per heavy atom. The Balaban J connectivity index is 1.30. The maximum Gasteiger partial charge on any atom is 0.228 e. The molecule has 2 aromatic rings. The van der Waals surface area contributed by atoms with Crippen LogP contribution in [0.4, 0.5) is 5.69 Å². The van der Waals surface area contributed by atoms with Gasteiger partial charge in [0.2, 0.25) is 5.91 Å². The van der Waals surface area contributed by atoms with Gasteiger partial charge in [-0.3, -0.25) is 4.79 Å². The van der Waals surface area contributed by atoms with Gasteiger partial charge in [-0.1, -0.05) is 12.1 Å². The SMILES string of the molecule is COCCc1ccc(Oc2ccc(NC(=O)C3CC34CCNCC4)cc2)cc1. The number of rotatable bonds is 7. The molecule has 2 fully saturated rings. The van der Waals surface area contributed by atoms with Crippen LogP contribution in [0, 0.1) is 11.3 Å². The number of ether oxygens (including phenoxy) is 2. The molecule has 148 valence electrons. The van der Waals surface area contributed by atoms with Crippen molar-refractivity contribution in [3.63, 3.8) is 0 Å². The van der Waals surface area contributed by atoms with E-state index in [4.69, 9.17) is 9.47 Å². The van der Waals surface area contributed by atoms with E-state index in [0.717, 1.165) is 56.0 Å². The van der Waals surface area contributed by atoms with E-state index in [1.54, 1.807) is 7.11 Å². The first-order chi connectivity index (χ1) is 13.7. The fraction of sp³-hybridized carbons (Fsp3) is 0.435. The standard InChI is InChI=1S/C23H28N2O3/c1-27-15-10-17-2-6-19(7-3-17)28-20-8-4-18(5-9-20)25-22(26)21-16-23(21)11-13-24-14-12-23/h2-9,21,24H,10-16H2,1H3,(H,25,26). The summed E-state index contributed by atoms with van der Waals surface area (Å²) in [6.07, 6.45) is 4.15. The van der Waals surface area contributed by atoms with Crippen molar-refractivity contribution in [2.24, 2.45) is 11.3 Å². The van der Waals surface area contributed by atoms with Gasteiger partial charge in [0, 0.05) is 18.7 Å². The summed E-state index contributed by atoms with van der Waals surface area (Å²) < 4.78 is 11.0. The lowest BCUT2D eigenvalue weighted by Gasteiger charge is -2.23. The van der Waals surface area contributed by atoms with Crippen molar-refractivity contribution in [3.8, 4) is 11.5 Å². The number of carbonyl (C=O) groups is 1. The summed E-state index contributed by atoms with van der Waals surface area (Å²) in [5.41, 5.74) is 2.30. The summed E-state index contributed by atoms with van der Waals surface area (Å²) >= 11 is 0. The zero-order valence-corrected chi connectivity index (χ0v) is 16.4. The largest absolute Gasteiger partial charge is 0.457 e. The molecule has 28 heavy (non-hydrogen) atoms. The molecule has 2 N–H and O–H groups in total. The molecule has 1 aliphatic heterocycles. The first-order valence-corrected chi connectivity index (χ1v) is 10.1. The van der Waals surface area contributed by atoms with E-state index in [-0.39, 0.29) is 17.2 Å². The van der Waals surface area contributed by atoms with Crippen LogP contribution in [0.25, 0.3) is 0 Å². The van der Waals surface area contributed by atoms with Crippen molar-refractivity contribution in [1.29, 1.82) is 0 Å². The molecule has 1 amide bonds. The fourth-order valence-corrected chi connectivity index (χ4v) is 4.11. The van der Waals surface area contributed by atoms with Crippen molar-refractivity contribution >= 4 is 11.6 Å². The van der Waals surface area contributed by atoms with Gasteiger partial charge in [0.05, 0.1) is 6.61 Å². The Hall–Kier alpha value is -2.37. The average molecular weight is 380 g/mol. The van der Waals surface area contributed by atoms with Crippen molar-refractivity contribution in [2.75, 3.05) is 32.1 Å². The Bertz CT molecular complexity index is 796. The van der Waals surface area contributed by atoms with E-state index in [9.17, 15) is 4.79 Å². The van der Waals surface area contributed by atoms with Gasteiger partial charge >= 0.3 is 0 Å². The maximum atomic E-state index is 12.6. The number of piperidine rings is 1. The highest BCUT2D eigenvalue weighted by atomic mass is 16.5. The molecule has 1 atom stereocenters. The minimum atomic E-state index is 0.155.